The fraction of sp³-hybridized carbons (Fsp3) is 0.857. The summed E-state index contributed by atoms with van der Waals surface area (Å²) >= 11 is 2.20. The molecular formula is C7H13IN2O2. The number of nitrogens with one attached hydrogen (secondary N) is 2. The van der Waals surface area contributed by atoms with Gasteiger partial charge in [-0.25, -0.2) is 0 Å². The predicted octanol–water partition coefficient (Wildman–Crippen LogP) is -0.740. The van der Waals surface area contributed by atoms with E-state index in [2.05, 4.69) is 33.2 Å². The first-order chi connectivity index (χ1) is 5.74. The van der Waals surface area contributed by atoms with E-state index >= 15 is 0 Å². The van der Waals surface area contributed by atoms with Crippen LogP contribution in [-0.2, 0) is 4.79 Å². The molecule has 0 spiro atoms. The number of hydrogen-bond acceptors (Lipinski definition) is 3. The molecule has 0 saturated carbocycles. The van der Waals surface area contributed by atoms with E-state index in [1.165, 1.54) is 0 Å². The SMILES string of the molecule is O=C(NCCI)C1C[C@@H](O)CN1. The normalized spacial score (nSPS) is 28.8. The van der Waals surface area contributed by atoms with Crippen LogP contribution in [0.15, 0.2) is 0 Å². The Morgan fingerprint density at radius 2 is 2.50 bits per heavy atom. The summed E-state index contributed by atoms with van der Waals surface area (Å²) in [6.07, 6.45) is 0.174. The molecule has 3 N–H and O–H groups in total. The minimum Gasteiger partial charge on any atom is -0.392 e. The topological polar surface area (TPSA) is 61.4 Å². The zero-order valence-electron chi connectivity index (χ0n) is 6.72. The van der Waals surface area contributed by atoms with Gasteiger partial charge in [0.2, 0.25) is 5.91 Å². The highest BCUT2D eigenvalue weighted by Crippen LogP contribution is 2.05. The lowest BCUT2D eigenvalue weighted by atomic mass is 10.2. The van der Waals surface area contributed by atoms with Crippen LogP contribution in [0, 0.1) is 0 Å². The van der Waals surface area contributed by atoms with Crippen molar-refractivity contribution >= 4 is 28.5 Å². The summed E-state index contributed by atoms with van der Waals surface area (Å²) in [5.74, 6) is 0.00298. The second-order valence-electron chi connectivity index (χ2n) is 2.83. The molecule has 0 aromatic heterocycles. The molecule has 70 valence electrons. The third-order valence-electron chi connectivity index (χ3n) is 1.82. The average Bonchev–Trinajstić information content (AvgIpc) is 2.47. The lowest BCUT2D eigenvalue weighted by Gasteiger charge is -2.09. The van der Waals surface area contributed by atoms with Crippen molar-refractivity contribution in [1.82, 2.24) is 10.6 Å². The minimum atomic E-state index is -0.361. The van der Waals surface area contributed by atoms with Gasteiger partial charge in [0.25, 0.3) is 0 Å². The second-order valence-corrected chi connectivity index (χ2v) is 3.91. The molecule has 1 amide bonds. The molecule has 5 heteroatoms. The summed E-state index contributed by atoms with van der Waals surface area (Å²) in [4.78, 5) is 11.3. The van der Waals surface area contributed by atoms with Crippen molar-refractivity contribution < 1.29 is 9.90 Å². The van der Waals surface area contributed by atoms with E-state index in [0.717, 1.165) is 4.43 Å². The number of aliphatic hydroxyl groups is 1. The van der Waals surface area contributed by atoms with Crippen LogP contribution in [0.5, 0.6) is 0 Å². The maximum Gasteiger partial charge on any atom is 0.237 e. The van der Waals surface area contributed by atoms with Crippen LogP contribution in [0.2, 0.25) is 0 Å². The van der Waals surface area contributed by atoms with Gasteiger partial charge in [0.05, 0.1) is 12.1 Å². The summed E-state index contributed by atoms with van der Waals surface area (Å²) in [5, 5.41) is 14.9. The molecule has 1 rings (SSSR count). The molecule has 1 unspecified atom stereocenters. The van der Waals surface area contributed by atoms with Gasteiger partial charge in [0, 0.05) is 17.5 Å². The monoisotopic (exact) mass is 284 g/mol. The molecule has 1 heterocycles. The number of hydrogen-bond donors (Lipinski definition) is 3. The number of halogens is 1. The molecule has 0 radical (unpaired) electrons. The van der Waals surface area contributed by atoms with Gasteiger partial charge in [-0.05, 0) is 6.42 Å². The van der Waals surface area contributed by atoms with E-state index in [0.29, 0.717) is 19.5 Å². The summed E-state index contributed by atoms with van der Waals surface area (Å²) in [6.45, 7) is 1.23. The molecule has 4 nitrogen and oxygen atoms in total. The van der Waals surface area contributed by atoms with Crippen molar-refractivity contribution in [3.8, 4) is 0 Å². The molecule has 2 atom stereocenters. The highest BCUT2D eigenvalue weighted by molar-refractivity contribution is 14.1. The Morgan fingerprint density at radius 1 is 1.75 bits per heavy atom. The summed E-state index contributed by atoms with van der Waals surface area (Å²) in [5.41, 5.74) is 0. The van der Waals surface area contributed by atoms with Crippen LogP contribution in [-0.4, -0.2) is 40.7 Å². The molecule has 0 aliphatic carbocycles. The van der Waals surface area contributed by atoms with E-state index < -0.39 is 0 Å². The summed E-state index contributed by atoms with van der Waals surface area (Å²) in [7, 11) is 0. The highest BCUT2D eigenvalue weighted by Gasteiger charge is 2.27. The minimum absolute atomic E-state index is 0.00298. The van der Waals surface area contributed by atoms with E-state index in [1.54, 1.807) is 0 Å². The maximum atomic E-state index is 11.3. The average molecular weight is 284 g/mol. The number of aliphatic hydroxyl groups excluding tert-OH is 1. The molecule has 0 aromatic rings. The van der Waals surface area contributed by atoms with Crippen molar-refractivity contribution in [3.63, 3.8) is 0 Å². The molecule has 1 aliphatic heterocycles. The van der Waals surface area contributed by atoms with Gasteiger partial charge in [-0.15, -0.1) is 0 Å². The van der Waals surface area contributed by atoms with Gasteiger partial charge in [-0.3, -0.25) is 4.79 Å². The van der Waals surface area contributed by atoms with Gasteiger partial charge >= 0.3 is 0 Å². The largest absolute Gasteiger partial charge is 0.392 e. The molecular weight excluding hydrogens is 271 g/mol. The number of alkyl halides is 1. The molecule has 0 aromatic carbocycles. The van der Waals surface area contributed by atoms with Gasteiger partial charge in [-0.2, -0.15) is 0 Å². The Bertz CT molecular complexity index is 165. The number of rotatable bonds is 3. The number of β-amino-alcohol motifs (C(OH)–C–C–N with tert-alkyl or cyclic N) is 1. The first-order valence-corrected chi connectivity index (χ1v) is 5.51. The number of carbonyl (C=O) groups is 1. The van der Waals surface area contributed by atoms with Gasteiger partial charge in [-0.1, -0.05) is 22.6 Å². The zero-order chi connectivity index (χ0) is 8.97. The quantitative estimate of drug-likeness (QED) is 0.472. The fourth-order valence-electron chi connectivity index (χ4n) is 1.21. The van der Waals surface area contributed by atoms with E-state index in [-0.39, 0.29) is 18.1 Å². The molecule has 1 saturated heterocycles. The Balaban J connectivity index is 2.23. The van der Waals surface area contributed by atoms with Gasteiger partial charge in [0.1, 0.15) is 0 Å². The first-order valence-electron chi connectivity index (χ1n) is 3.99. The van der Waals surface area contributed by atoms with Crippen LogP contribution in [0.4, 0.5) is 0 Å². The van der Waals surface area contributed by atoms with Gasteiger partial charge in [0.15, 0.2) is 0 Å². The Hall–Kier alpha value is 0.120. The zero-order valence-corrected chi connectivity index (χ0v) is 8.87. The second kappa shape index (κ2) is 4.98. The van der Waals surface area contributed by atoms with Crippen molar-refractivity contribution in [2.45, 2.75) is 18.6 Å². The van der Waals surface area contributed by atoms with E-state index in [9.17, 15) is 4.79 Å². The van der Waals surface area contributed by atoms with Gasteiger partial charge < -0.3 is 15.7 Å². The maximum absolute atomic E-state index is 11.3. The van der Waals surface area contributed by atoms with Crippen LogP contribution in [0.3, 0.4) is 0 Å². The lowest BCUT2D eigenvalue weighted by Crippen LogP contribution is -2.41. The third kappa shape index (κ3) is 2.87. The predicted molar refractivity (Wildman–Crippen MR) is 54.3 cm³/mol. The number of carbonyl (C=O) groups excluding carboxylic acids is 1. The van der Waals surface area contributed by atoms with Crippen LogP contribution >= 0.6 is 22.6 Å². The van der Waals surface area contributed by atoms with Crippen molar-refractivity contribution in [2.24, 2.45) is 0 Å². The van der Waals surface area contributed by atoms with E-state index in [4.69, 9.17) is 5.11 Å². The summed E-state index contributed by atoms with van der Waals surface area (Å²) in [6, 6.07) is -0.192. The smallest absolute Gasteiger partial charge is 0.237 e. The van der Waals surface area contributed by atoms with E-state index in [1.807, 2.05) is 0 Å². The van der Waals surface area contributed by atoms with Crippen molar-refractivity contribution in [2.75, 3.05) is 17.5 Å². The van der Waals surface area contributed by atoms with Crippen LogP contribution in [0.25, 0.3) is 0 Å². The Kier molecular flexibility index (Phi) is 4.24. The Morgan fingerprint density at radius 3 is 3.00 bits per heavy atom. The molecule has 1 aliphatic rings. The van der Waals surface area contributed by atoms with Crippen LogP contribution in [0.1, 0.15) is 6.42 Å². The van der Waals surface area contributed by atoms with Crippen molar-refractivity contribution in [3.05, 3.63) is 0 Å². The first kappa shape index (κ1) is 10.2. The lowest BCUT2D eigenvalue weighted by molar-refractivity contribution is -0.122. The number of amides is 1. The highest BCUT2D eigenvalue weighted by atomic mass is 127. The third-order valence-corrected chi connectivity index (χ3v) is 2.36. The fourth-order valence-corrected chi connectivity index (χ4v) is 1.48. The van der Waals surface area contributed by atoms with Crippen molar-refractivity contribution in [1.29, 1.82) is 0 Å². The Labute approximate surface area is 85.2 Å². The standard InChI is InChI=1S/C7H13IN2O2/c8-1-2-9-7(12)6-3-5(11)4-10-6/h5-6,10-11H,1-4H2,(H,9,12)/t5-,6?/m1/s1. The summed E-state index contributed by atoms with van der Waals surface area (Å²) < 4.78 is 0.915. The molecule has 0 bridgehead atoms. The van der Waals surface area contributed by atoms with Crippen LogP contribution < -0.4 is 10.6 Å². The molecule has 12 heavy (non-hydrogen) atoms. The molecule has 1 fully saturated rings.